The lowest BCUT2D eigenvalue weighted by molar-refractivity contribution is 1.18. The van der Waals surface area contributed by atoms with Crippen molar-refractivity contribution in [1.82, 2.24) is 9.13 Å². The summed E-state index contributed by atoms with van der Waals surface area (Å²) in [5.41, 5.74) is 11.5. The molecule has 0 atom stereocenters. The SMILES string of the molecule is [C-]#[N+]c1ccc2c3ccccc3n(-c3ccccc3-c3ccc(C#N)c(-c4cccc(-n5c6ccccc6c6ccccc65)c4)c3)c2c1. The van der Waals surface area contributed by atoms with E-state index in [1.807, 2.05) is 30.3 Å². The second kappa shape index (κ2) is 10.9. The number of hydrogen-bond donors (Lipinski definition) is 0. The van der Waals surface area contributed by atoms with Gasteiger partial charge in [-0.15, -0.1) is 0 Å². The molecular formula is C44H26N4. The van der Waals surface area contributed by atoms with Gasteiger partial charge in [-0.3, -0.25) is 0 Å². The van der Waals surface area contributed by atoms with Gasteiger partial charge in [0.25, 0.3) is 0 Å². The molecule has 0 aliphatic carbocycles. The summed E-state index contributed by atoms with van der Waals surface area (Å²) in [7, 11) is 0. The lowest BCUT2D eigenvalue weighted by Gasteiger charge is -2.16. The average molecular weight is 611 g/mol. The summed E-state index contributed by atoms with van der Waals surface area (Å²) >= 11 is 0. The van der Waals surface area contributed by atoms with Gasteiger partial charge in [-0.25, -0.2) is 4.85 Å². The molecule has 2 heterocycles. The number of nitriles is 1. The molecule has 7 aromatic carbocycles. The Bertz CT molecular complexity index is 2760. The van der Waals surface area contributed by atoms with Gasteiger partial charge in [0.15, 0.2) is 5.69 Å². The molecular weight excluding hydrogens is 585 g/mol. The summed E-state index contributed by atoms with van der Waals surface area (Å²) in [5.74, 6) is 0. The number of aromatic nitrogens is 2. The molecule has 0 amide bonds. The molecule has 4 nitrogen and oxygen atoms in total. The van der Waals surface area contributed by atoms with Crippen molar-refractivity contribution in [2.75, 3.05) is 0 Å². The molecule has 0 radical (unpaired) electrons. The third kappa shape index (κ3) is 4.14. The van der Waals surface area contributed by atoms with Crippen LogP contribution in [0.5, 0.6) is 0 Å². The van der Waals surface area contributed by atoms with Gasteiger partial charge in [-0.05, 0) is 65.7 Å². The number of rotatable bonds is 4. The predicted molar refractivity (Wildman–Crippen MR) is 197 cm³/mol. The van der Waals surface area contributed by atoms with Gasteiger partial charge in [0, 0.05) is 43.9 Å². The fourth-order valence-electron chi connectivity index (χ4n) is 7.26. The van der Waals surface area contributed by atoms with Gasteiger partial charge < -0.3 is 9.13 Å². The van der Waals surface area contributed by atoms with E-state index in [-0.39, 0.29) is 0 Å². The van der Waals surface area contributed by atoms with Crippen molar-refractivity contribution < 1.29 is 0 Å². The fourth-order valence-corrected chi connectivity index (χ4v) is 7.26. The van der Waals surface area contributed by atoms with Gasteiger partial charge >= 0.3 is 0 Å². The van der Waals surface area contributed by atoms with Gasteiger partial charge in [-0.2, -0.15) is 5.26 Å². The molecule has 0 aliphatic rings. The molecule has 9 aromatic rings. The Balaban J connectivity index is 1.24. The van der Waals surface area contributed by atoms with Crippen molar-refractivity contribution in [3.63, 3.8) is 0 Å². The molecule has 0 saturated carbocycles. The zero-order valence-electron chi connectivity index (χ0n) is 25.8. The van der Waals surface area contributed by atoms with Crippen molar-refractivity contribution in [1.29, 1.82) is 5.26 Å². The third-order valence-corrected chi connectivity index (χ3v) is 9.38. The quantitative estimate of drug-likeness (QED) is 0.183. The summed E-state index contributed by atoms with van der Waals surface area (Å²) in [5, 5.41) is 15.0. The maximum atomic E-state index is 10.3. The molecule has 0 fully saturated rings. The highest BCUT2D eigenvalue weighted by Crippen LogP contribution is 2.39. The van der Waals surface area contributed by atoms with Gasteiger partial charge in [0.05, 0.1) is 40.4 Å². The zero-order valence-corrected chi connectivity index (χ0v) is 25.8. The van der Waals surface area contributed by atoms with E-state index in [0.717, 1.165) is 66.5 Å². The Hall–Kier alpha value is -6.88. The van der Waals surface area contributed by atoms with Crippen LogP contribution in [-0.4, -0.2) is 9.13 Å². The zero-order chi connectivity index (χ0) is 32.2. The van der Waals surface area contributed by atoms with Crippen LogP contribution in [0.25, 0.3) is 82.1 Å². The van der Waals surface area contributed by atoms with Crippen LogP contribution in [0, 0.1) is 17.9 Å². The normalized spacial score (nSPS) is 11.3. The summed E-state index contributed by atoms with van der Waals surface area (Å²) in [6.07, 6.45) is 0. The monoisotopic (exact) mass is 610 g/mol. The van der Waals surface area contributed by atoms with Crippen LogP contribution in [-0.2, 0) is 0 Å². The highest BCUT2D eigenvalue weighted by atomic mass is 15.0. The second-order valence-corrected chi connectivity index (χ2v) is 12.0. The van der Waals surface area contributed by atoms with Crippen LogP contribution >= 0.6 is 0 Å². The molecule has 0 aliphatic heterocycles. The van der Waals surface area contributed by atoms with Crippen LogP contribution in [0.2, 0.25) is 0 Å². The molecule has 4 heteroatoms. The Morgan fingerprint density at radius 1 is 0.479 bits per heavy atom. The number of fused-ring (bicyclic) bond motifs is 6. The first-order valence-corrected chi connectivity index (χ1v) is 15.9. The van der Waals surface area contributed by atoms with E-state index >= 15 is 0 Å². The van der Waals surface area contributed by atoms with Crippen LogP contribution in [0.3, 0.4) is 0 Å². The van der Waals surface area contributed by atoms with Crippen LogP contribution < -0.4 is 0 Å². The van der Waals surface area contributed by atoms with E-state index in [9.17, 15) is 5.26 Å². The van der Waals surface area contributed by atoms with E-state index in [1.165, 1.54) is 10.8 Å². The lowest BCUT2D eigenvalue weighted by Crippen LogP contribution is -1.98. The summed E-state index contributed by atoms with van der Waals surface area (Å²) in [6, 6.07) is 56.7. The van der Waals surface area contributed by atoms with Gasteiger partial charge in [0.1, 0.15) is 0 Å². The molecule has 48 heavy (non-hydrogen) atoms. The standard InChI is InChI=1S/C44H26N4/c1-46-32-23-24-38-37-16-5-9-20-43(37)48(44(38)27-32)40-17-6-2-13-34(40)30-21-22-31(28-45)39(26-30)29-11-10-12-33(25-29)47-41-18-7-3-14-35(41)36-15-4-8-19-42(36)47/h2-27H. The molecule has 0 saturated heterocycles. The van der Waals surface area contributed by atoms with Crippen molar-refractivity contribution in [2.24, 2.45) is 0 Å². The van der Waals surface area contributed by atoms with Crippen LogP contribution in [0.15, 0.2) is 158 Å². The van der Waals surface area contributed by atoms with E-state index < -0.39 is 0 Å². The van der Waals surface area contributed by atoms with Crippen LogP contribution in [0.1, 0.15) is 5.56 Å². The van der Waals surface area contributed by atoms with Crippen molar-refractivity contribution >= 4 is 49.3 Å². The largest absolute Gasteiger partial charge is 0.310 e. The van der Waals surface area contributed by atoms with E-state index in [1.54, 1.807) is 0 Å². The number of para-hydroxylation sites is 4. The molecule has 0 unspecified atom stereocenters. The molecule has 9 rings (SSSR count). The Kier molecular flexibility index (Phi) is 6.22. The lowest BCUT2D eigenvalue weighted by atomic mass is 9.94. The maximum absolute atomic E-state index is 10.3. The Labute approximate surface area is 277 Å². The Morgan fingerprint density at radius 2 is 1.08 bits per heavy atom. The van der Waals surface area contributed by atoms with Gasteiger partial charge in [-0.1, -0.05) is 103 Å². The van der Waals surface area contributed by atoms with Crippen LogP contribution in [0.4, 0.5) is 5.69 Å². The minimum absolute atomic E-state index is 0.604. The second-order valence-electron chi connectivity index (χ2n) is 12.0. The summed E-state index contributed by atoms with van der Waals surface area (Å²) < 4.78 is 4.56. The molecule has 2 aromatic heterocycles. The number of nitrogens with zero attached hydrogens (tertiary/aromatic N) is 4. The number of hydrogen-bond acceptors (Lipinski definition) is 1. The highest BCUT2D eigenvalue weighted by Gasteiger charge is 2.18. The van der Waals surface area contributed by atoms with Gasteiger partial charge in [0.2, 0.25) is 0 Å². The molecule has 0 bridgehead atoms. The first-order chi connectivity index (χ1) is 23.7. The van der Waals surface area contributed by atoms with Crippen molar-refractivity contribution in [2.45, 2.75) is 0 Å². The fraction of sp³-hybridized carbons (Fsp3) is 0. The first kappa shape index (κ1) is 27.4. The van der Waals surface area contributed by atoms with E-state index in [4.69, 9.17) is 6.57 Å². The Morgan fingerprint density at radius 3 is 1.77 bits per heavy atom. The first-order valence-electron chi connectivity index (χ1n) is 15.9. The smallest absolute Gasteiger partial charge is 0.189 e. The maximum Gasteiger partial charge on any atom is 0.189 e. The number of benzene rings is 7. The van der Waals surface area contributed by atoms with Crippen molar-refractivity contribution in [3.05, 3.63) is 175 Å². The molecule has 0 N–H and O–H groups in total. The molecule has 0 spiro atoms. The minimum Gasteiger partial charge on any atom is -0.310 e. The summed E-state index contributed by atoms with van der Waals surface area (Å²) in [6.45, 7) is 7.68. The topological polar surface area (TPSA) is 38.0 Å². The average Bonchev–Trinajstić information content (AvgIpc) is 3.67. The highest BCUT2D eigenvalue weighted by molar-refractivity contribution is 6.11. The molecule has 222 valence electrons. The summed E-state index contributed by atoms with van der Waals surface area (Å²) in [4.78, 5) is 3.73. The minimum atomic E-state index is 0.604. The van der Waals surface area contributed by atoms with E-state index in [2.05, 4.69) is 147 Å². The predicted octanol–water partition coefficient (Wildman–Crippen LogP) is 11.6. The van der Waals surface area contributed by atoms with E-state index in [0.29, 0.717) is 11.3 Å². The third-order valence-electron chi connectivity index (χ3n) is 9.38. The van der Waals surface area contributed by atoms with Crippen molar-refractivity contribution in [3.8, 4) is 39.7 Å².